The van der Waals surface area contributed by atoms with Gasteiger partial charge in [-0.2, -0.15) is 0 Å². The summed E-state index contributed by atoms with van der Waals surface area (Å²) in [7, 11) is 0. The Balaban J connectivity index is 2.23. The van der Waals surface area contributed by atoms with Crippen molar-refractivity contribution in [3.8, 4) is 0 Å². The molecular weight excluding hydrogens is 320 g/mol. The quantitative estimate of drug-likeness (QED) is 0.875. The Kier molecular flexibility index (Phi) is 4.62. The summed E-state index contributed by atoms with van der Waals surface area (Å²) in [6.07, 6.45) is 0.804. The molecule has 1 unspecified atom stereocenters. The molecule has 1 nitrogen and oxygen atoms in total. The van der Waals surface area contributed by atoms with Crippen LogP contribution < -0.4 is 0 Å². The molecule has 1 heterocycles. The summed E-state index contributed by atoms with van der Waals surface area (Å²) in [6.45, 7) is 0.105. The normalized spacial score (nSPS) is 12.6. The third-order valence-corrected chi connectivity index (χ3v) is 4.98. The third kappa shape index (κ3) is 3.10. The maximum atomic E-state index is 9.52. The smallest absolute Gasteiger partial charge is 0.0503 e. The molecule has 2 rings (SSSR count). The van der Waals surface area contributed by atoms with Crippen LogP contribution in [0.5, 0.6) is 0 Å². The SMILES string of the molecule is OCC(Cc1sccc1Br)c1ccccc1Cl. The van der Waals surface area contributed by atoms with Gasteiger partial charge in [-0.15, -0.1) is 11.3 Å². The number of aliphatic hydroxyl groups is 1. The molecule has 0 aliphatic carbocycles. The number of aliphatic hydroxyl groups excluding tert-OH is 1. The highest BCUT2D eigenvalue weighted by molar-refractivity contribution is 9.10. The van der Waals surface area contributed by atoms with Crippen LogP contribution in [0.4, 0.5) is 0 Å². The topological polar surface area (TPSA) is 20.2 Å². The molecule has 0 bridgehead atoms. The molecule has 0 saturated heterocycles. The van der Waals surface area contributed by atoms with Crippen LogP contribution in [-0.4, -0.2) is 11.7 Å². The zero-order valence-corrected chi connectivity index (χ0v) is 12.2. The molecule has 1 aromatic carbocycles. The summed E-state index contributed by atoms with van der Waals surface area (Å²) in [4.78, 5) is 1.24. The summed E-state index contributed by atoms with van der Waals surface area (Å²) < 4.78 is 1.10. The second-order valence-corrected chi connectivity index (χ2v) is 6.06. The Morgan fingerprint density at radius 2 is 2.06 bits per heavy atom. The molecule has 2 aromatic rings. The minimum absolute atomic E-state index is 0.0543. The van der Waals surface area contributed by atoms with Crippen LogP contribution in [0.3, 0.4) is 0 Å². The van der Waals surface area contributed by atoms with Crippen molar-refractivity contribution < 1.29 is 5.11 Å². The monoisotopic (exact) mass is 330 g/mol. The van der Waals surface area contributed by atoms with E-state index in [1.807, 2.05) is 35.7 Å². The van der Waals surface area contributed by atoms with Gasteiger partial charge in [0.25, 0.3) is 0 Å². The van der Waals surface area contributed by atoms with Gasteiger partial charge in [0.1, 0.15) is 0 Å². The highest BCUT2D eigenvalue weighted by Gasteiger charge is 2.16. The van der Waals surface area contributed by atoms with Crippen LogP contribution in [0.25, 0.3) is 0 Å². The van der Waals surface area contributed by atoms with Gasteiger partial charge in [-0.3, -0.25) is 0 Å². The van der Waals surface area contributed by atoms with E-state index in [0.29, 0.717) is 0 Å². The van der Waals surface area contributed by atoms with Crippen LogP contribution in [0, 0.1) is 0 Å². The number of thiophene rings is 1. The van der Waals surface area contributed by atoms with E-state index in [-0.39, 0.29) is 12.5 Å². The summed E-state index contributed by atoms with van der Waals surface area (Å²) in [6, 6.07) is 9.73. The first kappa shape index (κ1) is 13.1. The fourth-order valence-electron chi connectivity index (χ4n) is 1.77. The first-order valence-corrected chi connectivity index (χ1v) is 7.34. The van der Waals surface area contributed by atoms with Gasteiger partial charge in [0.2, 0.25) is 0 Å². The summed E-state index contributed by atoms with van der Waals surface area (Å²) in [5, 5.41) is 12.3. The van der Waals surface area contributed by atoms with Crippen LogP contribution in [0.2, 0.25) is 5.02 Å². The van der Waals surface area contributed by atoms with Crippen molar-refractivity contribution >= 4 is 38.9 Å². The number of hydrogen-bond donors (Lipinski definition) is 1. The maximum Gasteiger partial charge on any atom is 0.0503 e. The van der Waals surface area contributed by atoms with Gasteiger partial charge in [0.15, 0.2) is 0 Å². The molecule has 0 aliphatic rings. The molecule has 0 saturated carbocycles. The zero-order chi connectivity index (χ0) is 12.3. The molecule has 17 heavy (non-hydrogen) atoms. The predicted octanol–water partition coefficient (Wildman–Crippen LogP) is 4.48. The molecule has 1 aromatic heterocycles. The average Bonchev–Trinajstić information content (AvgIpc) is 2.73. The van der Waals surface area contributed by atoms with Gasteiger partial charge < -0.3 is 5.11 Å². The Morgan fingerprint density at radius 1 is 1.29 bits per heavy atom. The Morgan fingerprint density at radius 3 is 2.65 bits per heavy atom. The fourth-order valence-corrected chi connectivity index (χ4v) is 3.66. The summed E-state index contributed by atoms with van der Waals surface area (Å²) >= 11 is 11.4. The Labute approximate surface area is 118 Å². The highest BCUT2D eigenvalue weighted by Crippen LogP contribution is 2.31. The molecule has 1 atom stereocenters. The van der Waals surface area contributed by atoms with E-state index in [2.05, 4.69) is 15.9 Å². The molecule has 0 amide bonds. The van der Waals surface area contributed by atoms with Crippen LogP contribution in [0.15, 0.2) is 40.2 Å². The minimum atomic E-state index is 0.0543. The Bertz CT molecular complexity index is 498. The van der Waals surface area contributed by atoms with E-state index in [1.165, 1.54) is 4.88 Å². The van der Waals surface area contributed by atoms with E-state index in [0.717, 1.165) is 21.5 Å². The summed E-state index contributed by atoms with van der Waals surface area (Å²) in [5.74, 6) is 0.0543. The average molecular weight is 332 g/mol. The summed E-state index contributed by atoms with van der Waals surface area (Å²) in [5.41, 5.74) is 1.01. The van der Waals surface area contributed by atoms with E-state index in [9.17, 15) is 5.11 Å². The lowest BCUT2D eigenvalue weighted by Crippen LogP contribution is -2.07. The van der Waals surface area contributed by atoms with E-state index in [1.54, 1.807) is 11.3 Å². The Hall–Kier alpha value is -0.350. The van der Waals surface area contributed by atoms with Crippen molar-refractivity contribution in [3.63, 3.8) is 0 Å². The first-order chi connectivity index (χ1) is 8.22. The molecule has 0 spiro atoms. The predicted molar refractivity (Wildman–Crippen MR) is 77.0 cm³/mol. The minimum Gasteiger partial charge on any atom is -0.396 e. The van der Waals surface area contributed by atoms with Crippen molar-refractivity contribution in [2.45, 2.75) is 12.3 Å². The molecule has 0 fully saturated rings. The van der Waals surface area contributed by atoms with Crippen LogP contribution in [-0.2, 0) is 6.42 Å². The maximum absolute atomic E-state index is 9.52. The number of hydrogen-bond acceptors (Lipinski definition) is 2. The second kappa shape index (κ2) is 6.01. The molecule has 90 valence electrons. The van der Waals surface area contributed by atoms with Gasteiger partial charge in [-0.25, -0.2) is 0 Å². The molecule has 4 heteroatoms. The van der Waals surface area contributed by atoms with E-state index >= 15 is 0 Å². The lowest BCUT2D eigenvalue weighted by atomic mass is 9.96. The van der Waals surface area contributed by atoms with Gasteiger partial charge in [-0.1, -0.05) is 29.8 Å². The van der Waals surface area contributed by atoms with Crippen molar-refractivity contribution in [1.82, 2.24) is 0 Å². The van der Waals surface area contributed by atoms with Crippen LogP contribution in [0.1, 0.15) is 16.4 Å². The van der Waals surface area contributed by atoms with Crippen LogP contribution >= 0.6 is 38.9 Å². The number of benzene rings is 1. The van der Waals surface area contributed by atoms with Gasteiger partial charge >= 0.3 is 0 Å². The molecule has 0 aliphatic heterocycles. The molecular formula is C13H12BrClOS. The van der Waals surface area contributed by atoms with Gasteiger partial charge in [-0.05, 0) is 45.4 Å². The molecule has 1 N–H and O–H groups in total. The standard InChI is InChI=1S/C13H12BrClOS/c14-11-5-6-17-13(11)7-9(8-16)10-3-1-2-4-12(10)15/h1-6,9,16H,7-8H2. The largest absolute Gasteiger partial charge is 0.396 e. The van der Waals surface area contributed by atoms with Gasteiger partial charge in [0.05, 0.1) is 6.61 Å². The highest BCUT2D eigenvalue weighted by atomic mass is 79.9. The van der Waals surface area contributed by atoms with Crippen molar-refractivity contribution in [1.29, 1.82) is 0 Å². The second-order valence-electron chi connectivity index (χ2n) is 3.80. The van der Waals surface area contributed by atoms with Gasteiger partial charge in [0, 0.05) is 20.3 Å². The fraction of sp³-hybridized carbons (Fsp3) is 0.231. The molecule has 0 radical (unpaired) electrons. The first-order valence-electron chi connectivity index (χ1n) is 5.29. The van der Waals surface area contributed by atoms with E-state index < -0.39 is 0 Å². The van der Waals surface area contributed by atoms with Crippen molar-refractivity contribution in [2.75, 3.05) is 6.61 Å². The van der Waals surface area contributed by atoms with Crippen molar-refractivity contribution in [2.24, 2.45) is 0 Å². The lowest BCUT2D eigenvalue weighted by molar-refractivity contribution is 0.265. The lowest BCUT2D eigenvalue weighted by Gasteiger charge is -2.15. The zero-order valence-electron chi connectivity index (χ0n) is 9.07. The number of halogens is 2. The van der Waals surface area contributed by atoms with E-state index in [4.69, 9.17) is 11.6 Å². The number of rotatable bonds is 4. The van der Waals surface area contributed by atoms with Crippen molar-refractivity contribution in [3.05, 3.63) is 55.6 Å². The third-order valence-electron chi connectivity index (χ3n) is 2.69.